The van der Waals surface area contributed by atoms with Gasteiger partial charge in [0.05, 0.1) is 15.6 Å². The zero-order valence-electron chi connectivity index (χ0n) is 24.0. The van der Waals surface area contributed by atoms with E-state index in [0.29, 0.717) is 12.8 Å². The van der Waals surface area contributed by atoms with Crippen molar-refractivity contribution >= 4 is 50.7 Å². The number of carbonyl (C=O) groups is 2. The van der Waals surface area contributed by atoms with Crippen molar-refractivity contribution in [2.45, 2.75) is 63.9 Å². The van der Waals surface area contributed by atoms with Crippen molar-refractivity contribution in [2.24, 2.45) is 0 Å². The Balaban J connectivity index is 2.06. The minimum absolute atomic E-state index is 0.000273. The fourth-order valence-corrected chi connectivity index (χ4v) is 6.24. The number of hydrogen-bond donors (Lipinski definition) is 1. The first-order chi connectivity index (χ1) is 19.2. The molecule has 0 unspecified atom stereocenters. The molecule has 3 rings (SSSR count). The maximum absolute atomic E-state index is 14.1. The van der Waals surface area contributed by atoms with E-state index in [4.69, 9.17) is 23.2 Å². The lowest BCUT2D eigenvalue weighted by Gasteiger charge is -2.35. The van der Waals surface area contributed by atoms with Crippen LogP contribution in [0.4, 0.5) is 5.69 Å². The Morgan fingerprint density at radius 3 is 2.17 bits per heavy atom. The second kappa shape index (κ2) is 13.7. The number of rotatable bonds is 11. The summed E-state index contributed by atoms with van der Waals surface area (Å²) in [5.41, 5.74) is 1.42. The zero-order valence-corrected chi connectivity index (χ0v) is 26.4. The Kier molecular flexibility index (Phi) is 10.9. The van der Waals surface area contributed by atoms with Gasteiger partial charge in [0.1, 0.15) is 12.6 Å². The molecule has 220 valence electrons. The summed E-state index contributed by atoms with van der Waals surface area (Å²) in [7, 11) is -4.25. The number of hydrogen-bond acceptors (Lipinski definition) is 4. The molecular formula is C31H37Cl2N3O4S. The molecule has 0 aromatic heterocycles. The molecule has 7 nitrogen and oxygen atoms in total. The van der Waals surface area contributed by atoms with Gasteiger partial charge in [-0.3, -0.25) is 13.9 Å². The molecule has 0 aliphatic carbocycles. The monoisotopic (exact) mass is 617 g/mol. The number of halogens is 2. The van der Waals surface area contributed by atoms with Crippen LogP contribution in [0.5, 0.6) is 0 Å². The van der Waals surface area contributed by atoms with E-state index < -0.39 is 34.1 Å². The largest absolute Gasteiger partial charge is 0.350 e. The molecule has 10 heteroatoms. The Morgan fingerprint density at radius 1 is 0.951 bits per heavy atom. The van der Waals surface area contributed by atoms with Crippen LogP contribution < -0.4 is 9.62 Å². The molecule has 0 saturated carbocycles. The van der Waals surface area contributed by atoms with Crippen LogP contribution in [0.15, 0.2) is 77.7 Å². The molecule has 0 spiro atoms. The zero-order chi connectivity index (χ0) is 30.4. The quantitative estimate of drug-likeness (QED) is 0.275. The molecule has 0 aliphatic heterocycles. The number of benzene rings is 3. The maximum atomic E-state index is 14.1. The number of sulfonamides is 1. The van der Waals surface area contributed by atoms with Crippen LogP contribution in [0.1, 0.15) is 45.2 Å². The van der Waals surface area contributed by atoms with Gasteiger partial charge in [-0.25, -0.2) is 8.42 Å². The molecule has 0 fully saturated rings. The smallest absolute Gasteiger partial charge is 0.264 e. The predicted molar refractivity (Wildman–Crippen MR) is 166 cm³/mol. The summed E-state index contributed by atoms with van der Waals surface area (Å²) in [5, 5.41) is 3.34. The van der Waals surface area contributed by atoms with Gasteiger partial charge in [0, 0.05) is 17.1 Å². The van der Waals surface area contributed by atoms with Crippen LogP contribution >= 0.6 is 23.2 Å². The highest BCUT2D eigenvalue weighted by Crippen LogP contribution is 2.33. The van der Waals surface area contributed by atoms with Crippen molar-refractivity contribution in [1.29, 1.82) is 0 Å². The number of amides is 2. The van der Waals surface area contributed by atoms with E-state index in [0.717, 1.165) is 15.4 Å². The van der Waals surface area contributed by atoms with Gasteiger partial charge in [-0.15, -0.1) is 0 Å². The van der Waals surface area contributed by atoms with Gasteiger partial charge in [0.25, 0.3) is 10.0 Å². The summed E-state index contributed by atoms with van der Waals surface area (Å²) in [6.07, 6.45) is 0.819. The standard InChI is InChI=1S/C31H37Cl2N3O4S/c1-6-27(30(38)34-31(3,4)5)35(19-18-23-10-8-7-9-11-23)29(37)21-36(28-20-24(32)14-17-26(28)33)41(39,40)25-15-12-22(2)13-16-25/h7-17,20,27H,6,18-19,21H2,1-5H3,(H,34,38)/t27-/m1/s1. The van der Waals surface area contributed by atoms with E-state index in [1.807, 2.05) is 65.0 Å². The Hall–Kier alpha value is -3.07. The van der Waals surface area contributed by atoms with Crippen molar-refractivity contribution in [3.63, 3.8) is 0 Å². The van der Waals surface area contributed by atoms with Crippen molar-refractivity contribution in [2.75, 3.05) is 17.4 Å². The first-order valence-electron chi connectivity index (χ1n) is 13.4. The van der Waals surface area contributed by atoms with Crippen molar-refractivity contribution < 1.29 is 18.0 Å². The first-order valence-corrected chi connectivity index (χ1v) is 15.6. The number of carbonyl (C=O) groups excluding carboxylic acids is 2. The predicted octanol–water partition coefficient (Wildman–Crippen LogP) is 6.26. The SMILES string of the molecule is CC[C@H](C(=O)NC(C)(C)C)N(CCc1ccccc1)C(=O)CN(c1cc(Cl)ccc1Cl)S(=O)(=O)c1ccc(C)cc1. The number of nitrogens with zero attached hydrogens (tertiary/aromatic N) is 2. The van der Waals surface area contributed by atoms with Crippen LogP contribution in [-0.4, -0.2) is 49.8 Å². The fraction of sp³-hybridized carbons (Fsp3) is 0.355. The Morgan fingerprint density at radius 2 is 1.59 bits per heavy atom. The molecule has 2 amide bonds. The molecule has 0 heterocycles. The summed E-state index contributed by atoms with van der Waals surface area (Å²) < 4.78 is 28.9. The topological polar surface area (TPSA) is 86.8 Å². The fourth-order valence-electron chi connectivity index (χ4n) is 4.38. The number of aryl methyl sites for hydroxylation is 1. The van der Waals surface area contributed by atoms with Gasteiger partial charge in [-0.2, -0.15) is 0 Å². The maximum Gasteiger partial charge on any atom is 0.264 e. The normalized spacial score (nSPS) is 12.5. The van der Waals surface area contributed by atoms with Gasteiger partial charge in [-0.1, -0.05) is 78.2 Å². The van der Waals surface area contributed by atoms with Gasteiger partial charge in [-0.05, 0) is 76.4 Å². The van der Waals surface area contributed by atoms with Crippen molar-refractivity contribution in [3.05, 3.63) is 94.0 Å². The highest BCUT2D eigenvalue weighted by Gasteiger charge is 2.35. The van der Waals surface area contributed by atoms with E-state index in [-0.39, 0.29) is 33.1 Å². The third-order valence-corrected chi connectivity index (χ3v) is 8.76. The molecule has 0 bridgehead atoms. The van der Waals surface area contributed by atoms with Crippen LogP contribution in [0, 0.1) is 6.92 Å². The van der Waals surface area contributed by atoms with Crippen molar-refractivity contribution in [3.8, 4) is 0 Å². The van der Waals surface area contributed by atoms with Crippen LogP contribution in [0.2, 0.25) is 10.0 Å². The summed E-state index contributed by atoms with van der Waals surface area (Å²) in [6, 6.07) is 19.6. The minimum Gasteiger partial charge on any atom is -0.350 e. The third-order valence-electron chi connectivity index (χ3n) is 6.43. The summed E-state index contributed by atoms with van der Waals surface area (Å²) >= 11 is 12.7. The van der Waals surface area contributed by atoms with Crippen LogP contribution in [0.3, 0.4) is 0 Å². The number of nitrogens with one attached hydrogen (secondary N) is 1. The van der Waals surface area contributed by atoms with Crippen LogP contribution in [0.25, 0.3) is 0 Å². The van der Waals surface area contributed by atoms with E-state index in [1.54, 1.807) is 18.2 Å². The third kappa shape index (κ3) is 8.71. The van der Waals surface area contributed by atoms with Gasteiger partial charge in [0.2, 0.25) is 11.8 Å². The van der Waals surface area contributed by atoms with Gasteiger partial charge < -0.3 is 10.2 Å². The molecule has 0 radical (unpaired) electrons. The van der Waals surface area contributed by atoms with E-state index >= 15 is 0 Å². The minimum atomic E-state index is -4.25. The molecule has 1 N–H and O–H groups in total. The lowest BCUT2D eigenvalue weighted by Crippen LogP contribution is -2.56. The summed E-state index contributed by atoms with van der Waals surface area (Å²) in [5.74, 6) is -0.848. The molecular weight excluding hydrogens is 581 g/mol. The second-order valence-electron chi connectivity index (χ2n) is 10.9. The molecule has 3 aromatic carbocycles. The highest BCUT2D eigenvalue weighted by molar-refractivity contribution is 7.92. The van der Waals surface area contributed by atoms with Gasteiger partial charge in [0.15, 0.2) is 0 Å². The highest BCUT2D eigenvalue weighted by atomic mass is 35.5. The first kappa shape index (κ1) is 32.4. The van der Waals surface area contributed by atoms with E-state index in [1.165, 1.54) is 29.2 Å². The Labute approximate surface area is 253 Å². The number of anilines is 1. The molecule has 3 aromatic rings. The second-order valence-corrected chi connectivity index (χ2v) is 13.6. The molecule has 0 saturated heterocycles. The lowest BCUT2D eigenvalue weighted by molar-refractivity contribution is -0.140. The van der Waals surface area contributed by atoms with Gasteiger partial charge >= 0.3 is 0 Å². The Bertz CT molecular complexity index is 1460. The molecule has 41 heavy (non-hydrogen) atoms. The van der Waals surface area contributed by atoms with E-state index in [9.17, 15) is 18.0 Å². The summed E-state index contributed by atoms with van der Waals surface area (Å²) in [6.45, 7) is 8.90. The lowest BCUT2D eigenvalue weighted by atomic mass is 10.1. The molecule has 0 aliphatic rings. The average molecular weight is 619 g/mol. The van der Waals surface area contributed by atoms with Crippen LogP contribution in [-0.2, 0) is 26.0 Å². The average Bonchev–Trinajstić information content (AvgIpc) is 2.90. The van der Waals surface area contributed by atoms with Crippen molar-refractivity contribution in [1.82, 2.24) is 10.2 Å². The molecule has 1 atom stereocenters. The summed E-state index contributed by atoms with van der Waals surface area (Å²) in [4.78, 5) is 29.0. The van der Waals surface area contributed by atoms with E-state index in [2.05, 4.69) is 5.32 Å².